The predicted octanol–water partition coefficient (Wildman–Crippen LogP) is 1.52. The van der Waals surface area contributed by atoms with Crippen molar-refractivity contribution < 1.29 is 9.53 Å². The monoisotopic (exact) mass is 340 g/mol. The number of carbonyl (C=O) groups is 1. The van der Waals surface area contributed by atoms with Crippen LogP contribution in [0.2, 0.25) is 0 Å². The zero-order valence-corrected chi connectivity index (χ0v) is 14.5. The first-order valence-electron chi connectivity index (χ1n) is 8.87. The molecule has 0 aliphatic carbocycles. The Morgan fingerprint density at radius 3 is 2.80 bits per heavy atom. The summed E-state index contributed by atoms with van der Waals surface area (Å²) < 4.78 is 8.41. The second-order valence-corrected chi connectivity index (χ2v) is 6.88. The van der Waals surface area contributed by atoms with Gasteiger partial charge in [0.25, 0.3) is 5.91 Å². The largest absolute Gasteiger partial charge is 0.357 e. The number of imidazole rings is 1. The summed E-state index contributed by atoms with van der Waals surface area (Å²) in [7, 11) is 1.66. The summed E-state index contributed by atoms with van der Waals surface area (Å²) in [4.78, 5) is 19.1. The molecule has 1 aromatic carbocycles. The molecule has 1 spiro atoms. The molecule has 1 saturated heterocycles. The molecule has 2 aromatic rings. The summed E-state index contributed by atoms with van der Waals surface area (Å²) >= 11 is 0. The number of amides is 1. The van der Waals surface area contributed by atoms with E-state index in [2.05, 4.69) is 44.0 Å². The van der Waals surface area contributed by atoms with Crippen molar-refractivity contribution in [2.24, 2.45) is 0 Å². The molecule has 1 amide bonds. The first-order chi connectivity index (χ1) is 12.2. The number of benzene rings is 1. The molecule has 25 heavy (non-hydrogen) atoms. The number of ether oxygens (including phenoxy) is 1. The Labute approximate surface area is 147 Å². The van der Waals surface area contributed by atoms with Crippen LogP contribution >= 0.6 is 0 Å². The average molecular weight is 340 g/mol. The fourth-order valence-electron chi connectivity index (χ4n) is 3.95. The topological polar surface area (TPSA) is 59.4 Å². The van der Waals surface area contributed by atoms with E-state index in [1.54, 1.807) is 7.05 Å². The first kappa shape index (κ1) is 16.3. The first-order valence-corrected chi connectivity index (χ1v) is 8.87. The van der Waals surface area contributed by atoms with Crippen LogP contribution in [0.1, 0.15) is 24.2 Å². The van der Waals surface area contributed by atoms with E-state index in [1.165, 1.54) is 5.56 Å². The Hall–Kier alpha value is -2.18. The maximum atomic E-state index is 12.1. The molecule has 1 N–H and O–H groups in total. The maximum Gasteiger partial charge on any atom is 0.250 e. The van der Waals surface area contributed by atoms with Crippen molar-refractivity contribution in [3.8, 4) is 0 Å². The molecular weight excluding hydrogens is 316 g/mol. The van der Waals surface area contributed by atoms with Crippen LogP contribution in [0.25, 0.3) is 0 Å². The average Bonchev–Trinajstić information content (AvgIpc) is 3.13. The van der Waals surface area contributed by atoms with Crippen molar-refractivity contribution in [1.82, 2.24) is 19.8 Å². The van der Waals surface area contributed by atoms with Crippen molar-refractivity contribution in [1.29, 1.82) is 0 Å². The van der Waals surface area contributed by atoms with Crippen molar-refractivity contribution in [2.45, 2.75) is 37.6 Å². The molecule has 4 rings (SSSR count). The van der Waals surface area contributed by atoms with E-state index in [1.807, 2.05) is 18.5 Å². The molecular formula is C19H24N4O2. The second kappa shape index (κ2) is 6.61. The minimum Gasteiger partial charge on any atom is -0.357 e. The van der Waals surface area contributed by atoms with Gasteiger partial charge in [-0.3, -0.25) is 9.69 Å². The fourth-order valence-corrected chi connectivity index (χ4v) is 3.95. The summed E-state index contributed by atoms with van der Waals surface area (Å²) in [5.41, 5.74) is 0.874. The van der Waals surface area contributed by atoms with E-state index in [9.17, 15) is 4.79 Å². The van der Waals surface area contributed by atoms with Gasteiger partial charge in [-0.25, -0.2) is 4.98 Å². The molecule has 2 aliphatic rings. The van der Waals surface area contributed by atoms with Gasteiger partial charge in [0.15, 0.2) is 6.10 Å². The standard InChI is InChI=1S/C19H24N4O2/c1-20-17(24)16-14-23-12-9-21-18(23)19(25-16)7-10-22(11-8-19)13-15-5-3-2-4-6-15/h2-6,9,12,16H,7-8,10-11,13-14H2,1H3,(H,20,24)/t16-/m0/s1. The fraction of sp³-hybridized carbons (Fsp3) is 0.474. The maximum absolute atomic E-state index is 12.1. The molecule has 0 saturated carbocycles. The van der Waals surface area contributed by atoms with Crippen LogP contribution in [-0.2, 0) is 28.2 Å². The molecule has 0 unspecified atom stereocenters. The van der Waals surface area contributed by atoms with E-state index in [0.29, 0.717) is 6.54 Å². The minimum atomic E-state index is -0.452. The van der Waals surface area contributed by atoms with Gasteiger partial charge in [-0.2, -0.15) is 0 Å². The van der Waals surface area contributed by atoms with Crippen LogP contribution in [0.4, 0.5) is 0 Å². The Morgan fingerprint density at radius 1 is 1.32 bits per heavy atom. The second-order valence-electron chi connectivity index (χ2n) is 6.88. The normalized spacial score (nSPS) is 22.5. The van der Waals surface area contributed by atoms with Gasteiger partial charge in [-0.05, 0) is 18.4 Å². The highest BCUT2D eigenvalue weighted by Gasteiger charge is 2.46. The third-order valence-corrected chi connectivity index (χ3v) is 5.30. The number of likely N-dealkylation sites (N-methyl/N-ethyl adjacent to an activating group) is 1. The Bertz CT molecular complexity index is 735. The number of nitrogens with one attached hydrogen (secondary N) is 1. The van der Waals surface area contributed by atoms with E-state index in [0.717, 1.165) is 38.3 Å². The number of rotatable bonds is 3. The summed E-state index contributed by atoms with van der Waals surface area (Å²) in [5, 5.41) is 2.71. The van der Waals surface area contributed by atoms with Crippen LogP contribution in [0.15, 0.2) is 42.7 Å². The number of nitrogens with zero attached hydrogens (tertiary/aromatic N) is 3. The van der Waals surface area contributed by atoms with E-state index >= 15 is 0 Å². The zero-order chi connectivity index (χ0) is 17.3. The minimum absolute atomic E-state index is 0.0644. The lowest BCUT2D eigenvalue weighted by Crippen LogP contribution is -2.53. The molecule has 6 nitrogen and oxygen atoms in total. The van der Waals surface area contributed by atoms with Gasteiger partial charge >= 0.3 is 0 Å². The smallest absolute Gasteiger partial charge is 0.250 e. The number of piperidine rings is 1. The number of hydrogen-bond donors (Lipinski definition) is 1. The molecule has 6 heteroatoms. The lowest BCUT2D eigenvalue weighted by Gasteiger charge is -2.45. The van der Waals surface area contributed by atoms with Gasteiger partial charge < -0.3 is 14.6 Å². The Morgan fingerprint density at radius 2 is 2.08 bits per heavy atom. The summed E-state index contributed by atoms with van der Waals surface area (Å²) in [6.45, 7) is 3.35. The predicted molar refractivity (Wildman–Crippen MR) is 93.8 cm³/mol. The number of fused-ring (bicyclic) bond motifs is 2. The number of hydrogen-bond acceptors (Lipinski definition) is 4. The highest BCUT2D eigenvalue weighted by molar-refractivity contribution is 5.80. The van der Waals surface area contributed by atoms with Crippen molar-refractivity contribution >= 4 is 5.91 Å². The van der Waals surface area contributed by atoms with Gasteiger partial charge in [0, 0.05) is 39.1 Å². The number of likely N-dealkylation sites (tertiary alicyclic amines) is 1. The SMILES string of the molecule is CNC(=O)[C@@H]1Cn2ccnc2C2(CCN(Cc3ccccc3)CC2)O1. The third kappa shape index (κ3) is 3.07. The molecule has 1 aromatic heterocycles. The number of carbonyl (C=O) groups excluding carboxylic acids is 1. The summed E-state index contributed by atoms with van der Waals surface area (Å²) in [6.07, 6.45) is 5.01. The van der Waals surface area contributed by atoms with Crippen LogP contribution in [0, 0.1) is 0 Å². The summed E-state index contributed by atoms with van der Waals surface area (Å²) in [5.74, 6) is 0.900. The van der Waals surface area contributed by atoms with E-state index in [-0.39, 0.29) is 5.91 Å². The quantitative estimate of drug-likeness (QED) is 0.920. The lowest BCUT2D eigenvalue weighted by molar-refractivity contribution is -0.173. The highest BCUT2D eigenvalue weighted by atomic mass is 16.5. The Kier molecular flexibility index (Phi) is 4.31. The van der Waals surface area contributed by atoms with Crippen molar-refractivity contribution in [3.05, 3.63) is 54.1 Å². The molecule has 132 valence electrons. The highest BCUT2D eigenvalue weighted by Crippen LogP contribution is 2.40. The van der Waals surface area contributed by atoms with Crippen LogP contribution in [-0.4, -0.2) is 46.6 Å². The summed E-state index contributed by atoms with van der Waals surface area (Å²) in [6, 6.07) is 10.5. The van der Waals surface area contributed by atoms with Crippen LogP contribution < -0.4 is 5.32 Å². The molecule has 0 radical (unpaired) electrons. The lowest BCUT2D eigenvalue weighted by atomic mass is 9.88. The zero-order valence-electron chi connectivity index (χ0n) is 14.5. The van der Waals surface area contributed by atoms with Gasteiger partial charge in [0.1, 0.15) is 11.4 Å². The van der Waals surface area contributed by atoms with Crippen LogP contribution in [0.5, 0.6) is 0 Å². The molecule has 3 heterocycles. The van der Waals surface area contributed by atoms with Gasteiger partial charge in [0.2, 0.25) is 0 Å². The molecule has 1 fully saturated rings. The molecule has 0 bridgehead atoms. The molecule has 1 atom stereocenters. The van der Waals surface area contributed by atoms with Crippen LogP contribution in [0.3, 0.4) is 0 Å². The van der Waals surface area contributed by atoms with E-state index in [4.69, 9.17) is 4.74 Å². The van der Waals surface area contributed by atoms with Crippen molar-refractivity contribution in [2.75, 3.05) is 20.1 Å². The van der Waals surface area contributed by atoms with Gasteiger partial charge in [-0.1, -0.05) is 30.3 Å². The van der Waals surface area contributed by atoms with Gasteiger partial charge in [0.05, 0.1) is 6.54 Å². The van der Waals surface area contributed by atoms with Crippen molar-refractivity contribution in [3.63, 3.8) is 0 Å². The van der Waals surface area contributed by atoms with E-state index < -0.39 is 11.7 Å². The Balaban J connectivity index is 1.50. The number of aromatic nitrogens is 2. The third-order valence-electron chi connectivity index (χ3n) is 5.30. The molecule has 2 aliphatic heterocycles. The van der Waals surface area contributed by atoms with Gasteiger partial charge in [-0.15, -0.1) is 0 Å².